The van der Waals surface area contributed by atoms with E-state index in [2.05, 4.69) is 4.98 Å². The lowest BCUT2D eigenvalue weighted by Gasteiger charge is -2.11. The molecule has 14 heavy (non-hydrogen) atoms. The molecular weight excluding hydrogens is 179 g/mol. The Morgan fingerprint density at radius 3 is 2.93 bits per heavy atom. The summed E-state index contributed by atoms with van der Waals surface area (Å²) in [4.78, 5) is 3.68. The average Bonchev–Trinajstić information content (AvgIpc) is 2.93. The molecule has 1 aliphatic rings. The fourth-order valence-corrected chi connectivity index (χ4v) is 1.63. The molecule has 1 fully saturated rings. The molecule has 1 heterocycles. The number of aromatic nitrogens is 1. The topological polar surface area (TPSA) is 38.9 Å². The highest BCUT2D eigenvalue weighted by molar-refractivity contribution is 5.21. The molecule has 2 rings (SSSR count). The molecule has 3 heteroatoms. The first kappa shape index (κ1) is 9.59. The van der Waals surface area contributed by atoms with Gasteiger partial charge in [-0.1, -0.05) is 12.8 Å². The lowest BCUT2D eigenvalue weighted by atomic mass is 10.0. The Labute approximate surface area is 83.3 Å². The van der Waals surface area contributed by atoms with Gasteiger partial charge in [-0.2, -0.15) is 4.39 Å². The van der Waals surface area contributed by atoms with Crippen LogP contribution in [0.4, 0.5) is 4.39 Å². The van der Waals surface area contributed by atoms with Crippen LogP contribution in [0.1, 0.15) is 36.4 Å². The summed E-state index contributed by atoms with van der Waals surface area (Å²) in [6.45, 7) is 1.72. The van der Waals surface area contributed by atoms with Gasteiger partial charge in [0, 0.05) is 17.8 Å². The minimum absolute atomic E-state index is 0.0225. The molecule has 1 aliphatic carbocycles. The van der Waals surface area contributed by atoms with Gasteiger partial charge < -0.3 is 5.73 Å². The summed E-state index contributed by atoms with van der Waals surface area (Å²) in [6, 6.07) is 1.82. The molecule has 1 aromatic heterocycles. The second-order valence-corrected chi connectivity index (χ2v) is 4.16. The minimum Gasteiger partial charge on any atom is -0.324 e. The zero-order valence-corrected chi connectivity index (χ0v) is 8.33. The number of rotatable bonds is 3. The molecule has 1 unspecified atom stereocenters. The monoisotopic (exact) mass is 194 g/mol. The van der Waals surface area contributed by atoms with E-state index < -0.39 is 5.95 Å². The van der Waals surface area contributed by atoms with E-state index in [9.17, 15) is 4.39 Å². The Morgan fingerprint density at radius 2 is 2.36 bits per heavy atom. The van der Waals surface area contributed by atoms with E-state index in [-0.39, 0.29) is 6.04 Å². The summed E-state index contributed by atoms with van der Waals surface area (Å²) in [5.41, 5.74) is 7.52. The molecule has 1 saturated carbocycles. The van der Waals surface area contributed by atoms with Gasteiger partial charge in [-0.15, -0.1) is 0 Å². The molecule has 0 amide bonds. The average molecular weight is 194 g/mol. The van der Waals surface area contributed by atoms with Gasteiger partial charge in [-0.25, -0.2) is 4.98 Å². The predicted molar refractivity (Wildman–Crippen MR) is 53.2 cm³/mol. The molecular formula is C11H15FN2. The number of aryl methyl sites for hydroxylation is 1. The Hall–Kier alpha value is -0.960. The van der Waals surface area contributed by atoms with Crippen molar-refractivity contribution in [3.8, 4) is 0 Å². The van der Waals surface area contributed by atoms with Crippen molar-refractivity contribution in [1.82, 2.24) is 4.98 Å². The van der Waals surface area contributed by atoms with Crippen LogP contribution >= 0.6 is 0 Å². The Balaban J connectivity index is 2.10. The highest BCUT2D eigenvalue weighted by Gasteiger charge is 2.24. The number of halogens is 1. The van der Waals surface area contributed by atoms with Crippen molar-refractivity contribution >= 4 is 0 Å². The first-order chi connectivity index (χ1) is 6.66. The summed E-state index contributed by atoms with van der Waals surface area (Å²) in [5, 5.41) is 0. The maximum atomic E-state index is 12.9. The van der Waals surface area contributed by atoms with Crippen LogP contribution in [0.3, 0.4) is 0 Å². The van der Waals surface area contributed by atoms with Crippen molar-refractivity contribution in [2.45, 2.75) is 32.2 Å². The number of hydrogen-bond donors (Lipinski definition) is 1. The van der Waals surface area contributed by atoms with E-state index in [0.717, 1.165) is 17.9 Å². The number of nitrogens with two attached hydrogens (primary N) is 1. The SMILES string of the molecule is Cc1cc(C(N)CC2CC2)cnc1F. The van der Waals surface area contributed by atoms with Crippen molar-refractivity contribution < 1.29 is 4.39 Å². The second kappa shape index (κ2) is 3.65. The maximum Gasteiger partial charge on any atom is 0.215 e. The normalized spacial score (nSPS) is 18.2. The van der Waals surface area contributed by atoms with Crippen LogP contribution in [-0.4, -0.2) is 4.98 Å². The number of nitrogens with zero attached hydrogens (tertiary/aromatic N) is 1. The molecule has 0 bridgehead atoms. The fourth-order valence-electron chi connectivity index (χ4n) is 1.63. The lowest BCUT2D eigenvalue weighted by Crippen LogP contribution is -2.12. The molecule has 76 valence electrons. The smallest absolute Gasteiger partial charge is 0.215 e. The largest absolute Gasteiger partial charge is 0.324 e. The highest BCUT2D eigenvalue weighted by atomic mass is 19.1. The number of pyridine rings is 1. The zero-order chi connectivity index (χ0) is 10.1. The zero-order valence-electron chi connectivity index (χ0n) is 8.33. The highest BCUT2D eigenvalue weighted by Crippen LogP contribution is 2.36. The Morgan fingerprint density at radius 1 is 1.64 bits per heavy atom. The third-order valence-corrected chi connectivity index (χ3v) is 2.75. The van der Waals surface area contributed by atoms with E-state index >= 15 is 0 Å². The molecule has 1 atom stereocenters. The Bertz CT molecular complexity index is 334. The van der Waals surface area contributed by atoms with Gasteiger partial charge in [-0.05, 0) is 30.9 Å². The van der Waals surface area contributed by atoms with Gasteiger partial charge in [0.25, 0.3) is 0 Å². The van der Waals surface area contributed by atoms with Gasteiger partial charge >= 0.3 is 0 Å². The maximum absolute atomic E-state index is 12.9. The Kier molecular flexibility index (Phi) is 2.50. The summed E-state index contributed by atoms with van der Waals surface area (Å²) >= 11 is 0. The first-order valence-corrected chi connectivity index (χ1v) is 5.04. The molecule has 1 aromatic rings. The van der Waals surface area contributed by atoms with Crippen LogP contribution in [-0.2, 0) is 0 Å². The third-order valence-electron chi connectivity index (χ3n) is 2.75. The van der Waals surface area contributed by atoms with E-state index in [1.165, 1.54) is 12.8 Å². The molecule has 0 spiro atoms. The van der Waals surface area contributed by atoms with Crippen molar-refractivity contribution in [2.24, 2.45) is 11.7 Å². The number of hydrogen-bond acceptors (Lipinski definition) is 2. The van der Waals surface area contributed by atoms with Crippen LogP contribution in [0.2, 0.25) is 0 Å². The standard InChI is InChI=1S/C11H15FN2/c1-7-4-9(6-14-11(7)12)10(13)5-8-2-3-8/h4,6,8,10H,2-3,5,13H2,1H3. The van der Waals surface area contributed by atoms with Crippen molar-refractivity contribution in [3.63, 3.8) is 0 Å². The molecule has 0 radical (unpaired) electrons. The van der Waals surface area contributed by atoms with E-state index in [0.29, 0.717) is 5.56 Å². The quantitative estimate of drug-likeness (QED) is 0.750. The van der Waals surface area contributed by atoms with Crippen molar-refractivity contribution in [1.29, 1.82) is 0 Å². The van der Waals surface area contributed by atoms with Crippen molar-refractivity contribution in [2.75, 3.05) is 0 Å². The van der Waals surface area contributed by atoms with Gasteiger partial charge in [0.15, 0.2) is 0 Å². The van der Waals surface area contributed by atoms with Gasteiger partial charge in [0.1, 0.15) is 0 Å². The van der Waals surface area contributed by atoms with Gasteiger partial charge in [-0.3, -0.25) is 0 Å². The summed E-state index contributed by atoms with van der Waals surface area (Å²) in [7, 11) is 0. The predicted octanol–water partition coefficient (Wildman–Crippen LogP) is 2.33. The molecule has 0 saturated heterocycles. The molecule has 0 aromatic carbocycles. The molecule has 0 aliphatic heterocycles. The van der Waals surface area contributed by atoms with Gasteiger partial charge in [0.2, 0.25) is 5.95 Å². The van der Waals surface area contributed by atoms with E-state index in [1.807, 2.05) is 0 Å². The summed E-state index contributed by atoms with van der Waals surface area (Å²) in [6.07, 6.45) is 5.14. The lowest BCUT2D eigenvalue weighted by molar-refractivity contribution is 0.560. The summed E-state index contributed by atoms with van der Waals surface area (Å²) < 4.78 is 12.9. The third kappa shape index (κ3) is 2.10. The van der Waals surface area contributed by atoms with E-state index in [4.69, 9.17) is 5.73 Å². The summed E-state index contributed by atoms with van der Waals surface area (Å²) in [5.74, 6) is 0.391. The molecule has 2 N–H and O–H groups in total. The van der Waals surface area contributed by atoms with Crippen LogP contribution in [0.25, 0.3) is 0 Å². The fraction of sp³-hybridized carbons (Fsp3) is 0.545. The van der Waals surface area contributed by atoms with Crippen LogP contribution in [0.15, 0.2) is 12.3 Å². The first-order valence-electron chi connectivity index (χ1n) is 5.04. The van der Waals surface area contributed by atoms with E-state index in [1.54, 1.807) is 19.2 Å². The second-order valence-electron chi connectivity index (χ2n) is 4.16. The van der Waals surface area contributed by atoms with Crippen LogP contribution < -0.4 is 5.73 Å². The van der Waals surface area contributed by atoms with Crippen molar-refractivity contribution in [3.05, 3.63) is 29.3 Å². The molecule has 2 nitrogen and oxygen atoms in total. The minimum atomic E-state index is -0.396. The van der Waals surface area contributed by atoms with Crippen LogP contribution in [0, 0.1) is 18.8 Å². The van der Waals surface area contributed by atoms with Crippen LogP contribution in [0.5, 0.6) is 0 Å². The van der Waals surface area contributed by atoms with Gasteiger partial charge in [0.05, 0.1) is 0 Å².